The molecule has 1 aliphatic carbocycles. The highest BCUT2D eigenvalue weighted by molar-refractivity contribution is 4.93. The third kappa shape index (κ3) is 1.99. The van der Waals surface area contributed by atoms with E-state index in [4.69, 9.17) is 10.5 Å². The summed E-state index contributed by atoms with van der Waals surface area (Å²) in [6, 6.07) is 0. The van der Waals surface area contributed by atoms with Gasteiger partial charge >= 0.3 is 0 Å². The summed E-state index contributed by atoms with van der Waals surface area (Å²) in [6.45, 7) is 5.10. The van der Waals surface area contributed by atoms with E-state index in [0.29, 0.717) is 5.41 Å². The summed E-state index contributed by atoms with van der Waals surface area (Å²) in [4.78, 5) is 0. The van der Waals surface area contributed by atoms with Crippen molar-refractivity contribution >= 4 is 0 Å². The van der Waals surface area contributed by atoms with Crippen molar-refractivity contribution in [2.45, 2.75) is 45.1 Å². The zero-order chi connectivity index (χ0) is 9.24. The first kappa shape index (κ1) is 10.0. The maximum absolute atomic E-state index is 5.78. The summed E-state index contributed by atoms with van der Waals surface area (Å²) in [5.74, 6) is 0. The van der Waals surface area contributed by atoms with Crippen LogP contribution in [0.25, 0.3) is 0 Å². The molecular weight excluding hydrogens is 150 g/mol. The molecule has 0 bridgehead atoms. The Hall–Kier alpha value is -0.0800. The predicted octanol–water partition coefficient (Wildman–Crippen LogP) is 1.93. The minimum Gasteiger partial charge on any atom is -0.379 e. The number of ether oxygens (including phenoxy) is 1. The topological polar surface area (TPSA) is 35.2 Å². The molecule has 0 unspecified atom stereocenters. The van der Waals surface area contributed by atoms with E-state index in [1.54, 1.807) is 7.11 Å². The number of methoxy groups -OCH3 is 1. The van der Waals surface area contributed by atoms with Gasteiger partial charge < -0.3 is 10.5 Å². The van der Waals surface area contributed by atoms with Crippen LogP contribution in [0.1, 0.15) is 39.5 Å². The van der Waals surface area contributed by atoms with Crippen LogP contribution in [0, 0.1) is 5.41 Å². The van der Waals surface area contributed by atoms with Crippen LogP contribution in [0.3, 0.4) is 0 Å². The Labute approximate surface area is 75.5 Å². The average molecular weight is 171 g/mol. The molecule has 1 aliphatic rings. The van der Waals surface area contributed by atoms with Crippen LogP contribution < -0.4 is 5.73 Å². The molecule has 12 heavy (non-hydrogen) atoms. The Balaban J connectivity index is 2.47. The maximum atomic E-state index is 5.78. The second-order valence-corrected chi connectivity index (χ2v) is 4.70. The fraction of sp³-hybridized carbons (Fsp3) is 1.00. The monoisotopic (exact) mass is 171 g/mol. The molecule has 0 heterocycles. The van der Waals surface area contributed by atoms with E-state index < -0.39 is 0 Å². The van der Waals surface area contributed by atoms with Crippen LogP contribution in [-0.2, 0) is 4.74 Å². The van der Waals surface area contributed by atoms with Crippen molar-refractivity contribution in [3.63, 3.8) is 0 Å². The Morgan fingerprint density at radius 2 is 2.00 bits per heavy atom. The van der Waals surface area contributed by atoms with Gasteiger partial charge in [-0.25, -0.2) is 0 Å². The molecule has 0 aromatic carbocycles. The predicted molar refractivity (Wildman–Crippen MR) is 51.0 cm³/mol. The summed E-state index contributed by atoms with van der Waals surface area (Å²) < 4.78 is 5.42. The summed E-state index contributed by atoms with van der Waals surface area (Å²) in [6.07, 6.45) is 5.02. The van der Waals surface area contributed by atoms with Gasteiger partial charge in [0.05, 0.1) is 5.60 Å². The van der Waals surface area contributed by atoms with Crippen LogP contribution >= 0.6 is 0 Å². The Morgan fingerprint density at radius 3 is 2.25 bits per heavy atom. The van der Waals surface area contributed by atoms with E-state index in [2.05, 4.69) is 13.8 Å². The summed E-state index contributed by atoms with van der Waals surface area (Å²) >= 11 is 0. The van der Waals surface area contributed by atoms with E-state index in [9.17, 15) is 0 Å². The van der Waals surface area contributed by atoms with Crippen molar-refractivity contribution in [2.75, 3.05) is 13.7 Å². The van der Waals surface area contributed by atoms with Gasteiger partial charge in [0.2, 0.25) is 0 Å². The molecule has 0 amide bonds. The molecule has 0 aliphatic heterocycles. The van der Waals surface area contributed by atoms with Crippen molar-refractivity contribution in [3.05, 3.63) is 0 Å². The first-order chi connectivity index (χ1) is 5.54. The molecule has 2 N–H and O–H groups in total. The standard InChI is InChI=1S/C10H21NO/c1-9(2,12-3)7-10(8-11)5-4-6-10/h4-8,11H2,1-3H3. The van der Waals surface area contributed by atoms with Gasteiger partial charge in [-0.3, -0.25) is 0 Å². The molecule has 1 saturated carbocycles. The number of hydrogen-bond donors (Lipinski definition) is 1. The average Bonchev–Trinajstić information content (AvgIpc) is 1.97. The summed E-state index contributed by atoms with van der Waals surface area (Å²) in [7, 11) is 1.78. The van der Waals surface area contributed by atoms with Crippen molar-refractivity contribution in [1.82, 2.24) is 0 Å². The Morgan fingerprint density at radius 1 is 1.42 bits per heavy atom. The lowest BCUT2D eigenvalue weighted by Gasteiger charge is -2.45. The normalized spacial score (nSPS) is 22.0. The van der Waals surface area contributed by atoms with Gasteiger partial charge in [0.25, 0.3) is 0 Å². The van der Waals surface area contributed by atoms with E-state index in [0.717, 1.165) is 13.0 Å². The zero-order valence-electron chi connectivity index (χ0n) is 8.52. The van der Waals surface area contributed by atoms with Crippen molar-refractivity contribution in [1.29, 1.82) is 0 Å². The minimum absolute atomic E-state index is 0.000208. The quantitative estimate of drug-likeness (QED) is 0.701. The second kappa shape index (κ2) is 3.35. The summed E-state index contributed by atoms with van der Waals surface area (Å²) in [5, 5.41) is 0. The van der Waals surface area contributed by atoms with Crippen LogP contribution in [0.15, 0.2) is 0 Å². The van der Waals surface area contributed by atoms with Crippen LogP contribution in [0.2, 0.25) is 0 Å². The van der Waals surface area contributed by atoms with E-state index in [1.165, 1.54) is 19.3 Å². The maximum Gasteiger partial charge on any atom is 0.0628 e. The van der Waals surface area contributed by atoms with E-state index in [1.807, 2.05) is 0 Å². The molecule has 0 aromatic heterocycles. The highest BCUT2D eigenvalue weighted by Crippen LogP contribution is 2.46. The van der Waals surface area contributed by atoms with Gasteiger partial charge in [0.1, 0.15) is 0 Å². The molecule has 0 spiro atoms. The van der Waals surface area contributed by atoms with Gasteiger partial charge in [0, 0.05) is 7.11 Å². The number of nitrogens with two attached hydrogens (primary N) is 1. The highest BCUT2D eigenvalue weighted by atomic mass is 16.5. The first-order valence-corrected chi connectivity index (χ1v) is 4.79. The van der Waals surface area contributed by atoms with Gasteiger partial charge in [-0.2, -0.15) is 0 Å². The van der Waals surface area contributed by atoms with Crippen molar-refractivity contribution < 1.29 is 4.74 Å². The first-order valence-electron chi connectivity index (χ1n) is 4.79. The molecule has 1 rings (SSSR count). The third-order valence-corrected chi connectivity index (χ3v) is 3.20. The van der Waals surface area contributed by atoms with Crippen LogP contribution in [-0.4, -0.2) is 19.3 Å². The molecule has 0 saturated heterocycles. The van der Waals surface area contributed by atoms with Gasteiger partial charge in [-0.15, -0.1) is 0 Å². The lowest BCUT2D eigenvalue weighted by atomic mass is 9.64. The largest absolute Gasteiger partial charge is 0.379 e. The molecule has 2 heteroatoms. The Bertz CT molecular complexity index is 144. The Kier molecular flexibility index (Phi) is 2.79. The molecule has 0 radical (unpaired) electrons. The molecule has 72 valence electrons. The smallest absolute Gasteiger partial charge is 0.0628 e. The van der Waals surface area contributed by atoms with Crippen molar-refractivity contribution in [2.24, 2.45) is 11.1 Å². The van der Waals surface area contributed by atoms with Gasteiger partial charge in [0.15, 0.2) is 0 Å². The lowest BCUT2D eigenvalue weighted by molar-refractivity contribution is -0.0409. The van der Waals surface area contributed by atoms with Crippen molar-refractivity contribution in [3.8, 4) is 0 Å². The SMILES string of the molecule is COC(C)(C)CC1(CN)CCC1. The fourth-order valence-electron chi connectivity index (χ4n) is 2.11. The molecule has 0 atom stereocenters. The fourth-order valence-corrected chi connectivity index (χ4v) is 2.11. The number of hydrogen-bond acceptors (Lipinski definition) is 2. The van der Waals surface area contributed by atoms with Crippen LogP contribution in [0.5, 0.6) is 0 Å². The zero-order valence-corrected chi connectivity index (χ0v) is 8.52. The molecule has 1 fully saturated rings. The van der Waals surface area contributed by atoms with Crippen LogP contribution in [0.4, 0.5) is 0 Å². The summed E-state index contributed by atoms with van der Waals surface area (Å²) in [5.41, 5.74) is 6.18. The lowest BCUT2D eigenvalue weighted by Crippen LogP contribution is -2.43. The minimum atomic E-state index is -0.000208. The van der Waals surface area contributed by atoms with Gasteiger partial charge in [-0.1, -0.05) is 6.42 Å². The third-order valence-electron chi connectivity index (χ3n) is 3.20. The van der Waals surface area contributed by atoms with Gasteiger partial charge in [-0.05, 0) is 45.1 Å². The van der Waals surface area contributed by atoms with E-state index in [-0.39, 0.29) is 5.60 Å². The molecular formula is C10H21NO. The van der Waals surface area contributed by atoms with E-state index >= 15 is 0 Å². The number of rotatable bonds is 4. The highest BCUT2D eigenvalue weighted by Gasteiger charge is 2.40. The molecule has 0 aromatic rings. The second-order valence-electron chi connectivity index (χ2n) is 4.70. The molecule has 2 nitrogen and oxygen atoms in total.